The van der Waals surface area contributed by atoms with E-state index in [4.69, 9.17) is 9.47 Å². The van der Waals surface area contributed by atoms with E-state index in [1.165, 1.54) is 0 Å². The van der Waals surface area contributed by atoms with Crippen LogP contribution in [0.3, 0.4) is 0 Å². The molecule has 0 unspecified atom stereocenters. The predicted octanol–water partition coefficient (Wildman–Crippen LogP) is 1.70. The highest BCUT2D eigenvalue weighted by Gasteiger charge is 2.16. The zero-order chi connectivity index (χ0) is 7.40. The molecule has 1 heterocycles. The summed E-state index contributed by atoms with van der Waals surface area (Å²) in [4.78, 5) is 0. The lowest BCUT2D eigenvalue weighted by atomic mass is 10.3. The van der Waals surface area contributed by atoms with E-state index >= 15 is 0 Å². The van der Waals surface area contributed by atoms with E-state index < -0.39 is 0 Å². The van der Waals surface area contributed by atoms with Gasteiger partial charge in [-0.15, -0.1) is 0 Å². The van der Waals surface area contributed by atoms with E-state index in [0.717, 1.165) is 24.1 Å². The molecule has 0 radical (unpaired) electrons. The molecule has 1 aliphatic rings. The molecule has 10 heavy (non-hydrogen) atoms. The number of rotatable bonds is 2. The summed E-state index contributed by atoms with van der Waals surface area (Å²) in [5.41, 5.74) is 1.15. The van der Waals surface area contributed by atoms with Crippen LogP contribution in [-0.2, 0) is 9.47 Å². The van der Waals surface area contributed by atoms with Crippen LogP contribution < -0.4 is 0 Å². The van der Waals surface area contributed by atoms with Crippen molar-refractivity contribution in [3.05, 3.63) is 11.6 Å². The smallest absolute Gasteiger partial charge is 0.179 e. The molecule has 0 atom stereocenters. The molecule has 58 valence electrons. The Bertz CT molecular complexity index is 128. The number of halogens is 1. The number of allylic oxidation sites excluding steroid dienone is 1. The van der Waals surface area contributed by atoms with Crippen molar-refractivity contribution in [3.63, 3.8) is 0 Å². The third kappa shape index (κ3) is 2.08. The zero-order valence-electron chi connectivity index (χ0n) is 5.97. The Morgan fingerprint density at radius 3 is 2.70 bits per heavy atom. The molecule has 0 aromatic rings. The summed E-state index contributed by atoms with van der Waals surface area (Å²) in [6.07, 6.45) is 1.97. The topological polar surface area (TPSA) is 18.5 Å². The second-order valence-corrected chi connectivity index (χ2v) is 2.82. The van der Waals surface area contributed by atoms with Gasteiger partial charge in [0, 0.05) is 5.33 Å². The fourth-order valence-corrected chi connectivity index (χ4v) is 1.35. The van der Waals surface area contributed by atoms with Crippen LogP contribution in [0.15, 0.2) is 11.6 Å². The highest BCUT2D eigenvalue weighted by atomic mass is 79.9. The maximum atomic E-state index is 5.26. The van der Waals surface area contributed by atoms with E-state index in [2.05, 4.69) is 22.0 Å². The monoisotopic (exact) mass is 206 g/mol. The average Bonchev–Trinajstić information content (AvgIpc) is 2.38. The van der Waals surface area contributed by atoms with Gasteiger partial charge in [0.25, 0.3) is 0 Å². The summed E-state index contributed by atoms with van der Waals surface area (Å²) in [5.74, 6) is 0. The molecule has 1 aliphatic heterocycles. The van der Waals surface area contributed by atoms with E-state index in [1.54, 1.807) is 0 Å². The van der Waals surface area contributed by atoms with Gasteiger partial charge in [0.05, 0.1) is 13.2 Å². The van der Waals surface area contributed by atoms with Crippen LogP contribution >= 0.6 is 15.9 Å². The third-order valence-corrected chi connectivity index (χ3v) is 1.72. The maximum Gasteiger partial charge on any atom is 0.179 e. The molecular weight excluding hydrogens is 196 g/mol. The standard InChI is InChI=1S/C7H11BrO2/c1-6(2-3-8)7-9-4-5-10-7/h2,7H,3-5H2,1H3. The Morgan fingerprint density at radius 2 is 2.20 bits per heavy atom. The van der Waals surface area contributed by atoms with Gasteiger partial charge in [-0.3, -0.25) is 0 Å². The average molecular weight is 207 g/mol. The van der Waals surface area contributed by atoms with Crippen molar-refractivity contribution in [2.75, 3.05) is 18.5 Å². The summed E-state index contributed by atoms with van der Waals surface area (Å²) < 4.78 is 10.5. The van der Waals surface area contributed by atoms with Crippen molar-refractivity contribution in [3.8, 4) is 0 Å². The van der Waals surface area contributed by atoms with Crippen molar-refractivity contribution >= 4 is 15.9 Å². The fourth-order valence-electron chi connectivity index (χ4n) is 0.839. The summed E-state index contributed by atoms with van der Waals surface area (Å²) in [7, 11) is 0. The number of alkyl halides is 1. The molecule has 1 fully saturated rings. The van der Waals surface area contributed by atoms with Gasteiger partial charge in [-0.2, -0.15) is 0 Å². The lowest BCUT2D eigenvalue weighted by Crippen LogP contribution is -2.08. The highest BCUT2D eigenvalue weighted by molar-refractivity contribution is 9.09. The van der Waals surface area contributed by atoms with Gasteiger partial charge < -0.3 is 9.47 Å². The largest absolute Gasteiger partial charge is 0.346 e. The third-order valence-electron chi connectivity index (χ3n) is 1.39. The summed E-state index contributed by atoms with van der Waals surface area (Å²) in [6, 6.07) is 0. The molecule has 0 saturated carbocycles. The molecule has 2 nitrogen and oxygen atoms in total. The molecule has 0 bridgehead atoms. The van der Waals surface area contributed by atoms with Crippen LogP contribution in [0.4, 0.5) is 0 Å². The number of ether oxygens (including phenoxy) is 2. The van der Waals surface area contributed by atoms with Crippen LogP contribution in [0.25, 0.3) is 0 Å². The molecule has 1 saturated heterocycles. The SMILES string of the molecule is CC(=CCBr)C1OCCO1. The van der Waals surface area contributed by atoms with Gasteiger partial charge in [0.15, 0.2) is 6.29 Å². The van der Waals surface area contributed by atoms with Gasteiger partial charge in [-0.25, -0.2) is 0 Å². The van der Waals surface area contributed by atoms with Crippen molar-refractivity contribution in [1.82, 2.24) is 0 Å². The van der Waals surface area contributed by atoms with Crippen LogP contribution in [-0.4, -0.2) is 24.8 Å². The van der Waals surface area contributed by atoms with Crippen LogP contribution in [0.5, 0.6) is 0 Å². The minimum absolute atomic E-state index is 0.0856. The van der Waals surface area contributed by atoms with E-state index in [9.17, 15) is 0 Å². The van der Waals surface area contributed by atoms with Gasteiger partial charge >= 0.3 is 0 Å². The quantitative estimate of drug-likeness (QED) is 0.506. The Hall–Kier alpha value is 0.140. The Kier molecular flexibility index (Phi) is 3.39. The molecule has 0 aromatic carbocycles. The highest BCUT2D eigenvalue weighted by Crippen LogP contribution is 2.12. The first-order chi connectivity index (χ1) is 4.84. The number of hydrogen-bond acceptors (Lipinski definition) is 2. The lowest BCUT2D eigenvalue weighted by Gasteiger charge is -2.07. The Balaban J connectivity index is 2.39. The second-order valence-electron chi connectivity index (χ2n) is 2.18. The normalized spacial score (nSPS) is 22.0. The minimum Gasteiger partial charge on any atom is -0.346 e. The van der Waals surface area contributed by atoms with E-state index in [0.29, 0.717) is 0 Å². The second kappa shape index (κ2) is 4.11. The van der Waals surface area contributed by atoms with Crippen molar-refractivity contribution in [2.45, 2.75) is 13.2 Å². The molecule has 0 spiro atoms. The van der Waals surface area contributed by atoms with Crippen LogP contribution in [0, 0.1) is 0 Å². The molecular formula is C7H11BrO2. The first-order valence-electron chi connectivity index (χ1n) is 3.30. The van der Waals surface area contributed by atoms with E-state index in [-0.39, 0.29) is 6.29 Å². The van der Waals surface area contributed by atoms with Gasteiger partial charge in [0.1, 0.15) is 0 Å². The molecule has 0 amide bonds. The van der Waals surface area contributed by atoms with Gasteiger partial charge in [-0.05, 0) is 12.5 Å². The number of hydrogen-bond donors (Lipinski definition) is 0. The zero-order valence-corrected chi connectivity index (χ0v) is 7.56. The summed E-state index contributed by atoms with van der Waals surface area (Å²) >= 11 is 3.31. The minimum atomic E-state index is -0.0856. The van der Waals surface area contributed by atoms with Crippen LogP contribution in [0.2, 0.25) is 0 Å². The fraction of sp³-hybridized carbons (Fsp3) is 0.714. The van der Waals surface area contributed by atoms with Crippen molar-refractivity contribution < 1.29 is 9.47 Å². The molecule has 0 aliphatic carbocycles. The molecule has 0 aromatic heterocycles. The van der Waals surface area contributed by atoms with Crippen molar-refractivity contribution in [1.29, 1.82) is 0 Å². The van der Waals surface area contributed by atoms with Crippen LogP contribution in [0.1, 0.15) is 6.92 Å². The summed E-state index contributed by atoms with van der Waals surface area (Å²) in [6.45, 7) is 3.45. The summed E-state index contributed by atoms with van der Waals surface area (Å²) in [5, 5.41) is 0.863. The molecule has 1 rings (SSSR count). The molecule has 3 heteroatoms. The van der Waals surface area contributed by atoms with Gasteiger partial charge in [0.2, 0.25) is 0 Å². The lowest BCUT2D eigenvalue weighted by molar-refractivity contribution is -0.0110. The van der Waals surface area contributed by atoms with E-state index in [1.807, 2.05) is 6.92 Å². The van der Waals surface area contributed by atoms with Crippen molar-refractivity contribution in [2.24, 2.45) is 0 Å². The first kappa shape index (κ1) is 8.24. The predicted molar refractivity (Wildman–Crippen MR) is 43.2 cm³/mol. The Labute approximate surface area is 69.3 Å². The Morgan fingerprint density at radius 1 is 1.60 bits per heavy atom. The molecule has 0 N–H and O–H groups in total. The van der Waals surface area contributed by atoms with Gasteiger partial charge in [-0.1, -0.05) is 22.0 Å². The maximum absolute atomic E-state index is 5.26. The first-order valence-corrected chi connectivity index (χ1v) is 4.42.